The van der Waals surface area contributed by atoms with Gasteiger partial charge in [-0.25, -0.2) is 0 Å². The number of rotatable bonds is 0. The zero-order valence-corrected chi connectivity index (χ0v) is 3.28. The van der Waals surface area contributed by atoms with Crippen LogP contribution in [0.15, 0.2) is 0 Å². The molecule has 0 aromatic carbocycles. The second-order valence-corrected chi connectivity index (χ2v) is 2.44. The van der Waals surface area contributed by atoms with Crippen LogP contribution in [0.25, 0.3) is 0 Å². The third kappa shape index (κ3) is 0.250. The van der Waals surface area contributed by atoms with Gasteiger partial charge in [0.05, 0.1) is 0 Å². The number of hydrogen-bond acceptors (Lipinski definition) is 0. The predicted octanol–water partition coefficient (Wildman–Crippen LogP) is 2.05. The summed E-state index contributed by atoms with van der Waals surface area (Å²) in [6, 6.07) is 0. The molecule has 2 bridgehead atoms. The highest BCUT2D eigenvalue weighted by molar-refractivity contribution is 4.92. The van der Waals surface area contributed by atoms with Gasteiger partial charge < -0.3 is 0 Å². The van der Waals surface area contributed by atoms with Crippen molar-refractivity contribution in [2.45, 2.75) is 26.7 Å². The van der Waals surface area contributed by atoms with Gasteiger partial charge in [-0.3, -0.25) is 0 Å². The molecule has 0 aromatic rings. The van der Waals surface area contributed by atoms with E-state index in [1.165, 1.54) is 11.8 Å². The molecule has 3 aliphatic rings. The van der Waals surface area contributed by atoms with Crippen LogP contribution in [-0.2, 0) is 0 Å². The highest BCUT2D eigenvalue weighted by atomic mass is 14.5. The molecule has 0 N–H and O–H groups in total. The van der Waals surface area contributed by atoms with Crippen LogP contribution >= 0.6 is 0 Å². The van der Waals surface area contributed by atoms with Gasteiger partial charge in [0.25, 0.3) is 0 Å². The maximum absolute atomic E-state index is 1.58. The molecule has 0 unspecified atom stereocenters. The summed E-state index contributed by atoms with van der Waals surface area (Å²) >= 11 is 0. The van der Waals surface area contributed by atoms with Crippen molar-refractivity contribution in [2.75, 3.05) is 0 Å². The monoisotopic (exact) mass is 84.1 g/mol. The van der Waals surface area contributed by atoms with Crippen LogP contribution in [0.2, 0.25) is 0 Å². The molecule has 3 rings (SSSR count). The van der Waals surface area contributed by atoms with Crippen molar-refractivity contribution < 1.29 is 0 Å². The van der Waals surface area contributed by atoms with Crippen LogP contribution in [-0.4, -0.2) is 0 Å². The molecule has 0 radical (unpaired) electrons. The highest BCUT2D eigenvalue weighted by Gasteiger charge is 2.41. The number of hydrogen-bond donors (Lipinski definition) is 0. The van der Waals surface area contributed by atoms with Crippen molar-refractivity contribution in [3.05, 3.63) is 0 Å². The smallest absolute Gasteiger partial charge is 0.0406 e. The molecule has 36 valence electrons. The van der Waals surface area contributed by atoms with E-state index >= 15 is 0 Å². The maximum Gasteiger partial charge on any atom is -0.0406 e. The Bertz CT molecular complexity index is 36.8. The summed E-state index contributed by atoms with van der Waals surface area (Å²) in [4.78, 5) is 0. The Kier molecular flexibility index (Phi) is 0.686. The van der Waals surface area contributed by atoms with Crippen LogP contribution < -0.4 is 0 Å². The Morgan fingerprint density at radius 2 is 1.00 bits per heavy atom. The van der Waals surface area contributed by atoms with Gasteiger partial charge in [0.15, 0.2) is 0 Å². The zero-order valence-electron chi connectivity index (χ0n) is 3.28. The molecule has 3 fully saturated rings. The Labute approximate surface area is 39.6 Å². The molecular formula is C6H12. The van der Waals surface area contributed by atoms with Crippen molar-refractivity contribution in [3.63, 3.8) is 0 Å². The van der Waals surface area contributed by atoms with Gasteiger partial charge in [0.1, 0.15) is 0 Å². The normalized spacial score (nSPS) is 48.0. The molecule has 0 aromatic heterocycles. The summed E-state index contributed by atoms with van der Waals surface area (Å²) < 4.78 is 0. The molecule has 0 aliphatic heterocycles. The van der Waals surface area contributed by atoms with Crippen molar-refractivity contribution in [1.82, 2.24) is 0 Å². The third-order valence-electron chi connectivity index (χ3n) is 2.00. The largest absolute Gasteiger partial charge is 0.0776 e. The van der Waals surface area contributed by atoms with E-state index in [1.54, 1.807) is 19.3 Å². The minimum absolute atomic E-state index is 0. The van der Waals surface area contributed by atoms with Gasteiger partial charge >= 0.3 is 0 Å². The van der Waals surface area contributed by atoms with Crippen molar-refractivity contribution >= 4 is 0 Å². The van der Waals surface area contributed by atoms with Gasteiger partial charge in [0, 0.05) is 0 Å². The molecular weight excluding hydrogens is 72.1 g/mol. The van der Waals surface area contributed by atoms with E-state index in [0.29, 0.717) is 0 Å². The molecule has 0 heteroatoms. The first-order chi connectivity index (χ1) is 2.45. The van der Waals surface area contributed by atoms with E-state index in [2.05, 4.69) is 0 Å². The summed E-state index contributed by atoms with van der Waals surface area (Å²) in [5, 5.41) is 0. The van der Waals surface area contributed by atoms with Crippen molar-refractivity contribution in [1.29, 1.82) is 0 Å². The lowest BCUT2D eigenvalue weighted by atomic mass is 9.56. The van der Waals surface area contributed by atoms with Crippen molar-refractivity contribution in [3.8, 4) is 0 Å². The summed E-state index contributed by atoms with van der Waals surface area (Å²) in [5.74, 6) is 2.42. The molecule has 0 spiro atoms. The molecule has 0 amide bonds. The molecule has 0 nitrogen and oxygen atoms in total. The Morgan fingerprint density at radius 1 is 0.833 bits per heavy atom. The van der Waals surface area contributed by atoms with Gasteiger partial charge in [0.2, 0.25) is 0 Å². The zero-order chi connectivity index (χ0) is 3.28. The van der Waals surface area contributed by atoms with Gasteiger partial charge in [-0.1, -0.05) is 7.43 Å². The maximum atomic E-state index is 1.58. The van der Waals surface area contributed by atoms with Gasteiger partial charge in [-0.15, -0.1) is 0 Å². The molecule has 0 saturated heterocycles. The summed E-state index contributed by atoms with van der Waals surface area (Å²) in [5.41, 5.74) is 0. The lowest BCUT2D eigenvalue weighted by Gasteiger charge is -2.49. The molecule has 3 aliphatic carbocycles. The topological polar surface area (TPSA) is 0 Å². The average molecular weight is 84.2 g/mol. The van der Waals surface area contributed by atoms with E-state index in [-0.39, 0.29) is 7.43 Å². The molecule has 0 atom stereocenters. The minimum atomic E-state index is 0. The van der Waals surface area contributed by atoms with Crippen LogP contribution in [0.1, 0.15) is 26.7 Å². The lowest BCUT2D eigenvalue weighted by Crippen LogP contribution is -2.38. The lowest BCUT2D eigenvalue weighted by molar-refractivity contribution is 0.0198. The van der Waals surface area contributed by atoms with E-state index < -0.39 is 0 Å². The first-order valence-electron chi connectivity index (χ1n) is 2.45. The first-order valence-corrected chi connectivity index (χ1v) is 2.45. The Morgan fingerprint density at radius 3 is 1.00 bits per heavy atom. The Hall–Kier alpha value is 0. The van der Waals surface area contributed by atoms with Crippen molar-refractivity contribution in [2.24, 2.45) is 11.8 Å². The standard InChI is InChI=1S/C5H8.CH4/c1-4-2-5(1)3-4;/h4-5H,1-3H2;1H4. The second kappa shape index (κ2) is 0.988. The highest BCUT2D eigenvalue weighted by Crippen LogP contribution is 2.52. The van der Waals surface area contributed by atoms with Gasteiger partial charge in [-0.2, -0.15) is 0 Å². The van der Waals surface area contributed by atoms with E-state index in [0.717, 1.165) is 0 Å². The first kappa shape index (κ1) is 4.17. The minimum Gasteiger partial charge on any atom is -0.0776 e. The SMILES string of the molecule is C.C1C2CC1C2. The van der Waals surface area contributed by atoms with Crippen LogP contribution in [0.5, 0.6) is 0 Å². The Balaban J connectivity index is 0.000000180. The van der Waals surface area contributed by atoms with Crippen LogP contribution in [0.4, 0.5) is 0 Å². The summed E-state index contributed by atoms with van der Waals surface area (Å²) in [6.45, 7) is 0. The fourth-order valence-corrected chi connectivity index (χ4v) is 1.21. The average Bonchev–Trinajstić information content (AvgIpc) is 0.592. The second-order valence-electron chi connectivity index (χ2n) is 2.44. The molecule has 3 saturated carbocycles. The van der Waals surface area contributed by atoms with Crippen LogP contribution in [0, 0.1) is 11.8 Å². The van der Waals surface area contributed by atoms with Crippen LogP contribution in [0.3, 0.4) is 0 Å². The fourth-order valence-electron chi connectivity index (χ4n) is 1.21. The fraction of sp³-hybridized carbons (Fsp3) is 1.00. The molecule has 6 heavy (non-hydrogen) atoms. The van der Waals surface area contributed by atoms with E-state index in [9.17, 15) is 0 Å². The van der Waals surface area contributed by atoms with E-state index in [1.807, 2.05) is 0 Å². The predicted molar refractivity (Wildman–Crippen MR) is 27.6 cm³/mol. The molecule has 0 heterocycles. The quantitative estimate of drug-likeness (QED) is 0.421. The third-order valence-corrected chi connectivity index (χ3v) is 2.00. The summed E-state index contributed by atoms with van der Waals surface area (Å²) in [7, 11) is 0. The van der Waals surface area contributed by atoms with Gasteiger partial charge in [-0.05, 0) is 31.1 Å². The van der Waals surface area contributed by atoms with E-state index in [4.69, 9.17) is 0 Å². The summed E-state index contributed by atoms with van der Waals surface area (Å²) in [6.07, 6.45) is 4.75.